The number of rotatable bonds is 5. The zero-order valence-electron chi connectivity index (χ0n) is 17.8. The van der Waals surface area contributed by atoms with Crippen LogP contribution in [0.5, 0.6) is 5.75 Å². The molecule has 32 heavy (non-hydrogen) atoms. The molecule has 2 N–H and O–H groups in total. The number of hydrogen-bond donors (Lipinski definition) is 2. The molecule has 8 heteroatoms. The molecule has 1 aliphatic heterocycles. The summed E-state index contributed by atoms with van der Waals surface area (Å²) in [5.74, 6) is 0.966. The van der Waals surface area contributed by atoms with E-state index in [1.165, 1.54) is 0 Å². The van der Waals surface area contributed by atoms with Crippen LogP contribution in [-0.4, -0.2) is 44.8 Å². The standard InChI is InChI=1S/C24H24N6O2/c1-30-15-19(14-28-30)22-10-17-11-23(27-13-18(17)12-26-22)29-24(31)16-3-2-4-21(9-16)32-20-5-7-25-8-6-20/h2-4,9-15,20,25H,5-8H2,1H3,(H,27,29,31). The van der Waals surface area contributed by atoms with Gasteiger partial charge in [-0.15, -0.1) is 0 Å². The Bertz CT molecular complexity index is 1260. The summed E-state index contributed by atoms with van der Waals surface area (Å²) < 4.78 is 7.80. The summed E-state index contributed by atoms with van der Waals surface area (Å²) in [6.45, 7) is 1.91. The van der Waals surface area contributed by atoms with Gasteiger partial charge >= 0.3 is 0 Å². The Hall–Kier alpha value is -3.78. The second-order valence-corrected chi connectivity index (χ2v) is 7.94. The van der Waals surface area contributed by atoms with Crippen LogP contribution in [0.4, 0.5) is 5.82 Å². The molecule has 3 aromatic heterocycles. The van der Waals surface area contributed by atoms with E-state index in [4.69, 9.17) is 4.74 Å². The Morgan fingerprint density at radius 3 is 2.75 bits per heavy atom. The van der Waals surface area contributed by atoms with E-state index in [2.05, 4.69) is 25.7 Å². The van der Waals surface area contributed by atoms with Crippen molar-refractivity contribution in [3.63, 3.8) is 0 Å². The largest absolute Gasteiger partial charge is 0.490 e. The topological polar surface area (TPSA) is 94.0 Å². The first-order valence-corrected chi connectivity index (χ1v) is 10.7. The number of nitrogens with one attached hydrogen (secondary N) is 2. The quantitative estimate of drug-likeness (QED) is 0.506. The Morgan fingerprint density at radius 2 is 1.94 bits per heavy atom. The molecule has 4 heterocycles. The number of carbonyl (C=O) groups is 1. The number of aryl methyl sites for hydroxylation is 1. The molecule has 1 aromatic carbocycles. The molecule has 0 saturated carbocycles. The van der Waals surface area contributed by atoms with Crippen molar-refractivity contribution in [3.05, 3.63) is 66.7 Å². The highest BCUT2D eigenvalue weighted by atomic mass is 16.5. The van der Waals surface area contributed by atoms with Gasteiger partial charge < -0.3 is 15.4 Å². The number of carbonyl (C=O) groups excluding carboxylic acids is 1. The maximum atomic E-state index is 12.8. The predicted octanol–water partition coefficient (Wildman–Crippen LogP) is 3.41. The molecule has 0 atom stereocenters. The van der Waals surface area contributed by atoms with Crippen LogP contribution in [0, 0.1) is 0 Å². The molecule has 162 valence electrons. The smallest absolute Gasteiger partial charge is 0.256 e. The molecule has 0 bridgehead atoms. The van der Waals surface area contributed by atoms with Gasteiger partial charge in [-0.25, -0.2) is 4.98 Å². The summed E-state index contributed by atoms with van der Waals surface area (Å²) in [6.07, 6.45) is 9.29. The van der Waals surface area contributed by atoms with Gasteiger partial charge in [0.2, 0.25) is 0 Å². The van der Waals surface area contributed by atoms with Crippen molar-refractivity contribution in [1.29, 1.82) is 0 Å². The minimum Gasteiger partial charge on any atom is -0.490 e. The third-order valence-electron chi connectivity index (χ3n) is 5.53. The summed E-state index contributed by atoms with van der Waals surface area (Å²) in [5.41, 5.74) is 2.28. The van der Waals surface area contributed by atoms with Gasteiger partial charge in [0, 0.05) is 42.2 Å². The van der Waals surface area contributed by atoms with Gasteiger partial charge in [0.15, 0.2) is 0 Å². The fraction of sp³-hybridized carbons (Fsp3) is 0.250. The lowest BCUT2D eigenvalue weighted by molar-refractivity contribution is 0.102. The maximum absolute atomic E-state index is 12.8. The molecule has 0 radical (unpaired) electrons. The third kappa shape index (κ3) is 4.45. The molecular weight excluding hydrogens is 404 g/mol. The maximum Gasteiger partial charge on any atom is 0.256 e. The number of pyridine rings is 2. The molecule has 0 unspecified atom stereocenters. The number of fused-ring (bicyclic) bond motifs is 1. The van der Waals surface area contributed by atoms with E-state index >= 15 is 0 Å². The van der Waals surface area contributed by atoms with Crippen molar-refractivity contribution < 1.29 is 9.53 Å². The lowest BCUT2D eigenvalue weighted by Crippen LogP contribution is -2.34. The molecule has 1 amide bonds. The van der Waals surface area contributed by atoms with Crippen LogP contribution in [0.15, 0.2) is 61.2 Å². The van der Waals surface area contributed by atoms with Crippen LogP contribution in [0.25, 0.3) is 22.0 Å². The Labute approximate surface area is 185 Å². The van der Waals surface area contributed by atoms with Gasteiger partial charge in [0.05, 0.1) is 11.9 Å². The third-order valence-corrected chi connectivity index (χ3v) is 5.53. The molecule has 8 nitrogen and oxygen atoms in total. The molecule has 1 fully saturated rings. The average molecular weight is 428 g/mol. The van der Waals surface area contributed by atoms with Crippen LogP contribution >= 0.6 is 0 Å². The Morgan fingerprint density at radius 1 is 1.09 bits per heavy atom. The predicted molar refractivity (Wildman–Crippen MR) is 123 cm³/mol. The molecule has 4 aromatic rings. The first-order valence-electron chi connectivity index (χ1n) is 10.7. The van der Waals surface area contributed by atoms with E-state index in [0.29, 0.717) is 17.1 Å². The number of ether oxygens (including phenoxy) is 1. The molecular formula is C24H24N6O2. The van der Waals surface area contributed by atoms with E-state index in [0.717, 1.165) is 48.0 Å². The van der Waals surface area contributed by atoms with Crippen LogP contribution in [0.2, 0.25) is 0 Å². The lowest BCUT2D eigenvalue weighted by Gasteiger charge is -2.24. The normalized spacial score (nSPS) is 14.4. The van der Waals surface area contributed by atoms with Gasteiger partial charge in [-0.2, -0.15) is 5.10 Å². The number of hydrogen-bond acceptors (Lipinski definition) is 6. The number of amides is 1. The Kier molecular flexibility index (Phi) is 5.51. The fourth-order valence-corrected chi connectivity index (χ4v) is 3.82. The summed E-state index contributed by atoms with van der Waals surface area (Å²) in [6, 6.07) is 11.1. The van der Waals surface area contributed by atoms with Crippen LogP contribution in [0.3, 0.4) is 0 Å². The highest BCUT2D eigenvalue weighted by Gasteiger charge is 2.15. The van der Waals surface area contributed by atoms with E-state index in [-0.39, 0.29) is 12.0 Å². The lowest BCUT2D eigenvalue weighted by atomic mass is 10.1. The SMILES string of the molecule is Cn1cc(-c2cc3cc(NC(=O)c4cccc(OC5CCNCC5)c4)ncc3cn2)cn1. The average Bonchev–Trinajstić information content (AvgIpc) is 3.26. The molecule has 5 rings (SSSR count). The van der Waals surface area contributed by atoms with Gasteiger partial charge in [-0.1, -0.05) is 6.07 Å². The van der Waals surface area contributed by atoms with Crippen LogP contribution in [-0.2, 0) is 7.05 Å². The second-order valence-electron chi connectivity index (χ2n) is 7.94. The van der Waals surface area contributed by atoms with Crippen LogP contribution < -0.4 is 15.4 Å². The second kappa shape index (κ2) is 8.76. The van der Waals surface area contributed by atoms with Crippen LogP contribution in [0.1, 0.15) is 23.2 Å². The highest BCUT2D eigenvalue weighted by Crippen LogP contribution is 2.24. The van der Waals surface area contributed by atoms with Gasteiger partial charge in [-0.05, 0) is 61.6 Å². The van der Waals surface area contributed by atoms with Crippen molar-refractivity contribution in [3.8, 4) is 17.0 Å². The molecule has 0 aliphatic carbocycles. The summed E-state index contributed by atoms with van der Waals surface area (Å²) in [4.78, 5) is 21.7. The zero-order valence-corrected chi connectivity index (χ0v) is 17.8. The zero-order chi connectivity index (χ0) is 21.9. The minimum atomic E-state index is -0.228. The van der Waals surface area contributed by atoms with Crippen molar-refractivity contribution in [2.24, 2.45) is 7.05 Å². The van der Waals surface area contributed by atoms with E-state index in [1.54, 1.807) is 35.4 Å². The van der Waals surface area contributed by atoms with Crippen molar-refractivity contribution in [2.45, 2.75) is 18.9 Å². The first kappa shape index (κ1) is 20.1. The number of nitrogens with zero attached hydrogens (tertiary/aromatic N) is 4. The van der Waals surface area contributed by atoms with E-state index < -0.39 is 0 Å². The summed E-state index contributed by atoms with van der Waals surface area (Å²) in [7, 11) is 1.87. The minimum absolute atomic E-state index is 0.180. The number of piperidine rings is 1. The summed E-state index contributed by atoms with van der Waals surface area (Å²) >= 11 is 0. The fourth-order valence-electron chi connectivity index (χ4n) is 3.82. The van der Waals surface area contributed by atoms with Crippen molar-refractivity contribution in [1.82, 2.24) is 25.1 Å². The number of benzene rings is 1. The monoisotopic (exact) mass is 428 g/mol. The molecule has 1 saturated heterocycles. The van der Waals surface area contributed by atoms with Gasteiger partial charge in [0.25, 0.3) is 5.91 Å². The molecule has 0 spiro atoms. The van der Waals surface area contributed by atoms with E-state index in [9.17, 15) is 4.79 Å². The van der Waals surface area contributed by atoms with Gasteiger partial charge in [0.1, 0.15) is 17.7 Å². The number of anilines is 1. The highest BCUT2D eigenvalue weighted by molar-refractivity contribution is 6.04. The summed E-state index contributed by atoms with van der Waals surface area (Å²) in [5, 5.41) is 12.3. The van der Waals surface area contributed by atoms with Crippen molar-refractivity contribution in [2.75, 3.05) is 18.4 Å². The van der Waals surface area contributed by atoms with E-state index in [1.807, 2.05) is 37.5 Å². The van der Waals surface area contributed by atoms with Crippen molar-refractivity contribution >= 4 is 22.5 Å². The Balaban J connectivity index is 1.33. The number of aromatic nitrogens is 4. The first-order chi connectivity index (χ1) is 15.6. The molecule has 1 aliphatic rings. The van der Waals surface area contributed by atoms with Gasteiger partial charge in [-0.3, -0.25) is 14.5 Å².